The first kappa shape index (κ1) is 6.95. The van der Waals surface area contributed by atoms with Crippen molar-refractivity contribution in [2.75, 3.05) is 0 Å². The molecule has 0 fully saturated rings. The van der Waals surface area contributed by atoms with Crippen LogP contribution in [0.5, 0.6) is 0 Å². The van der Waals surface area contributed by atoms with E-state index in [1.165, 1.54) is 19.1 Å². The Morgan fingerprint density at radius 3 is 2.38 bits per heavy atom. The van der Waals surface area contributed by atoms with Crippen LogP contribution in [0.1, 0.15) is 6.92 Å². The average Bonchev–Trinajstić information content (AvgIpc) is 1.67. The second-order valence-corrected chi connectivity index (χ2v) is 1.34. The van der Waals surface area contributed by atoms with Crippen LogP contribution < -0.4 is 0 Å². The topological polar surface area (TPSA) is 37.3 Å². The standard InChI is InChI=1S/C6H8O2/c1-3-4-6(8)5(2)7/h3-4,8H,1H2,2H3. The van der Waals surface area contributed by atoms with E-state index in [2.05, 4.69) is 6.58 Å². The van der Waals surface area contributed by atoms with Gasteiger partial charge in [0.05, 0.1) is 0 Å². The third-order valence-corrected chi connectivity index (χ3v) is 0.636. The molecule has 0 aliphatic heterocycles. The second kappa shape index (κ2) is 3.02. The Balaban J connectivity index is 3.99. The Morgan fingerprint density at radius 2 is 2.25 bits per heavy atom. The number of carbonyl (C=O) groups is 1. The zero-order chi connectivity index (χ0) is 6.57. The van der Waals surface area contributed by atoms with Crippen molar-refractivity contribution in [1.29, 1.82) is 0 Å². The van der Waals surface area contributed by atoms with Crippen LogP contribution in [0.25, 0.3) is 0 Å². The number of allylic oxidation sites excluding steroid dienone is 3. The molecule has 0 spiro atoms. The number of Topliss-reactive ketones (excluding diaryl/α,β-unsaturated/α-hetero) is 1. The number of hydrogen-bond donors (Lipinski definition) is 1. The first-order valence-electron chi connectivity index (χ1n) is 2.21. The number of hydrogen-bond acceptors (Lipinski definition) is 2. The number of aliphatic hydroxyl groups excluding tert-OH is 1. The van der Waals surface area contributed by atoms with Gasteiger partial charge in [-0.3, -0.25) is 4.79 Å². The van der Waals surface area contributed by atoms with Crippen molar-refractivity contribution in [2.45, 2.75) is 6.92 Å². The lowest BCUT2D eigenvalue weighted by Crippen LogP contribution is -1.92. The molecule has 0 bridgehead atoms. The summed E-state index contributed by atoms with van der Waals surface area (Å²) >= 11 is 0. The van der Waals surface area contributed by atoms with Crippen molar-refractivity contribution in [3.8, 4) is 0 Å². The highest BCUT2D eigenvalue weighted by Crippen LogP contribution is 1.87. The van der Waals surface area contributed by atoms with E-state index in [-0.39, 0.29) is 11.5 Å². The van der Waals surface area contributed by atoms with E-state index in [4.69, 9.17) is 5.11 Å². The van der Waals surface area contributed by atoms with Crippen LogP contribution in [-0.4, -0.2) is 10.9 Å². The van der Waals surface area contributed by atoms with Gasteiger partial charge in [0.2, 0.25) is 0 Å². The molecule has 0 saturated heterocycles. The van der Waals surface area contributed by atoms with Crippen LogP contribution in [0.2, 0.25) is 0 Å². The molecule has 2 nitrogen and oxygen atoms in total. The quantitative estimate of drug-likeness (QED) is 0.331. The molecule has 0 atom stereocenters. The molecule has 8 heavy (non-hydrogen) atoms. The molecule has 0 amide bonds. The normalized spacial score (nSPS) is 10.9. The summed E-state index contributed by atoms with van der Waals surface area (Å²) in [6.45, 7) is 4.58. The maximum atomic E-state index is 10.2. The molecule has 0 saturated carbocycles. The molecule has 0 aliphatic rings. The van der Waals surface area contributed by atoms with Crippen LogP contribution in [0.15, 0.2) is 24.5 Å². The van der Waals surface area contributed by atoms with Gasteiger partial charge in [-0.2, -0.15) is 0 Å². The van der Waals surface area contributed by atoms with E-state index < -0.39 is 0 Å². The lowest BCUT2D eigenvalue weighted by molar-refractivity contribution is -0.115. The first-order chi connectivity index (χ1) is 3.68. The molecule has 0 aromatic carbocycles. The smallest absolute Gasteiger partial charge is 0.194 e. The molecule has 0 aromatic heterocycles. The fourth-order valence-electron chi connectivity index (χ4n) is 0.229. The largest absolute Gasteiger partial charge is 0.504 e. The SMILES string of the molecule is C=CC=C(O)C(C)=O. The van der Waals surface area contributed by atoms with Crippen molar-refractivity contribution in [2.24, 2.45) is 0 Å². The summed E-state index contributed by atoms with van der Waals surface area (Å²) in [4.78, 5) is 10.2. The third kappa shape index (κ3) is 2.18. The Hall–Kier alpha value is -1.05. The molecular formula is C6H8O2. The van der Waals surface area contributed by atoms with Crippen molar-refractivity contribution < 1.29 is 9.90 Å². The van der Waals surface area contributed by atoms with Crippen molar-refractivity contribution in [3.63, 3.8) is 0 Å². The first-order valence-corrected chi connectivity index (χ1v) is 2.21. The molecule has 2 heteroatoms. The predicted molar refractivity (Wildman–Crippen MR) is 31.6 cm³/mol. The molecule has 44 valence electrons. The summed E-state index contributed by atoms with van der Waals surface area (Å²) in [7, 11) is 0. The highest BCUT2D eigenvalue weighted by Gasteiger charge is 1.94. The molecule has 0 heterocycles. The van der Waals surface area contributed by atoms with Gasteiger partial charge in [0, 0.05) is 6.92 Å². The lowest BCUT2D eigenvalue weighted by Gasteiger charge is -1.85. The minimum atomic E-state index is -0.343. The summed E-state index contributed by atoms with van der Waals surface area (Å²) in [5, 5.41) is 8.57. The summed E-state index contributed by atoms with van der Waals surface area (Å²) in [5.74, 6) is -0.593. The van der Waals surface area contributed by atoms with Crippen LogP contribution in [0.4, 0.5) is 0 Å². The van der Waals surface area contributed by atoms with E-state index in [0.29, 0.717) is 0 Å². The molecule has 0 radical (unpaired) electrons. The van der Waals surface area contributed by atoms with Gasteiger partial charge in [0.15, 0.2) is 11.5 Å². The molecule has 0 aromatic rings. The monoisotopic (exact) mass is 112 g/mol. The molecule has 0 aliphatic carbocycles. The van der Waals surface area contributed by atoms with Gasteiger partial charge in [0.25, 0.3) is 0 Å². The average molecular weight is 112 g/mol. The molecular weight excluding hydrogens is 104 g/mol. The van der Waals surface area contributed by atoms with E-state index in [1.807, 2.05) is 0 Å². The van der Waals surface area contributed by atoms with E-state index in [0.717, 1.165) is 0 Å². The summed E-state index contributed by atoms with van der Waals surface area (Å²) < 4.78 is 0. The molecule has 0 unspecified atom stereocenters. The predicted octanol–water partition coefficient (Wildman–Crippen LogP) is 1.20. The van der Waals surface area contributed by atoms with E-state index >= 15 is 0 Å². The highest BCUT2D eigenvalue weighted by atomic mass is 16.3. The van der Waals surface area contributed by atoms with Gasteiger partial charge in [-0.05, 0) is 6.08 Å². The third-order valence-electron chi connectivity index (χ3n) is 0.636. The molecule has 0 rings (SSSR count). The second-order valence-electron chi connectivity index (χ2n) is 1.34. The maximum Gasteiger partial charge on any atom is 0.194 e. The Labute approximate surface area is 48.1 Å². The summed E-state index contributed by atoms with van der Waals surface area (Å²) in [5.41, 5.74) is 0. The van der Waals surface area contributed by atoms with Crippen molar-refractivity contribution in [3.05, 3.63) is 24.5 Å². The minimum Gasteiger partial charge on any atom is -0.504 e. The zero-order valence-electron chi connectivity index (χ0n) is 4.72. The van der Waals surface area contributed by atoms with Gasteiger partial charge >= 0.3 is 0 Å². The minimum absolute atomic E-state index is 0.250. The zero-order valence-corrected chi connectivity index (χ0v) is 4.72. The lowest BCUT2D eigenvalue weighted by atomic mass is 10.3. The highest BCUT2D eigenvalue weighted by molar-refractivity contribution is 5.90. The summed E-state index contributed by atoms with van der Waals surface area (Å²) in [6, 6.07) is 0. The van der Waals surface area contributed by atoms with Gasteiger partial charge in [-0.15, -0.1) is 0 Å². The fourth-order valence-corrected chi connectivity index (χ4v) is 0.229. The number of aliphatic hydroxyl groups is 1. The van der Waals surface area contributed by atoms with Crippen LogP contribution in [-0.2, 0) is 4.79 Å². The summed E-state index contributed by atoms with van der Waals surface area (Å²) in [6.07, 6.45) is 2.61. The van der Waals surface area contributed by atoms with Gasteiger partial charge in [-0.1, -0.05) is 12.7 Å². The van der Waals surface area contributed by atoms with Gasteiger partial charge in [-0.25, -0.2) is 0 Å². The maximum absolute atomic E-state index is 10.2. The van der Waals surface area contributed by atoms with Crippen LogP contribution >= 0.6 is 0 Å². The Kier molecular flexibility index (Phi) is 2.62. The van der Waals surface area contributed by atoms with Crippen LogP contribution in [0.3, 0.4) is 0 Å². The number of ketones is 1. The molecule has 1 N–H and O–H groups in total. The number of rotatable bonds is 2. The Bertz CT molecular complexity index is 133. The number of carbonyl (C=O) groups excluding carboxylic acids is 1. The van der Waals surface area contributed by atoms with Crippen molar-refractivity contribution in [1.82, 2.24) is 0 Å². The fraction of sp³-hybridized carbons (Fsp3) is 0.167. The van der Waals surface area contributed by atoms with Crippen molar-refractivity contribution >= 4 is 5.78 Å². The van der Waals surface area contributed by atoms with E-state index in [1.54, 1.807) is 0 Å². The van der Waals surface area contributed by atoms with Gasteiger partial charge < -0.3 is 5.11 Å². The van der Waals surface area contributed by atoms with Crippen LogP contribution in [0, 0.1) is 0 Å². The van der Waals surface area contributed by atoms with E-state index in [9.17, 15) is 4.79 Å². The van der Waals surface area contributed by atoms with Gasteiger partial charge in [0.1, 0.15) is 0 Å². The Morgan fingerprint density at radius 1 is 1.75 bits per heavy atom.